The Kier molecular flexibility index (Phi) is 8.32. The number of aldehydes is 1. The van der Waals surface area contributed by atoms with Crippen LogP contribution in [0.3, 0.4) is 0 Å². The second kappa shape index (κ2) is 11.9. The highest BCUT2D eigenvalue weighted by Gasteiger charge is 2.34. The highest BCUT2D eigenvalue weighted by atomic mass is 35.5. The van der Waals surface area contributed by atoms with Crippen LogP contribution in [-0.4, -0.2) is 12.1 Å². The van der Waals surface area contributed by atoms with E-state index in [1.54, 1.807) is 6.07 Å². The van der Waals surface area contributed by atoms with Crippen LogP contribution in [0.5, 0.6) is 0 Å². The number of hydrogen-bond donors (Lipinski definition) is 0. The van der Waals surface area contributed by atoms with Gasteiger partial charge in [0.1, 0.15) is 12.4 Å². The number of benzene rings is 1. The molecule has 1 atom stereocenters. The van der Waals surface area contributed by atoms with Crippen molar-refractivity contribution in [1.82, 2.24) is 0 Å². The molecular weight excluding hydrogens is 490 g/mol. The molecule has 5 rings (SSSR count). The molecule has 1 aromatic carbocycles. The monoisotopic (exact) mass is 525 g/mol. The van der Waals surface area contributed by atoms with E-state index in [1.165, 1.54) is 11.1 Å². The highest BCUT2D eigenvalue weighted by molar-refractivity contribution is 6.31. The second-order valence-electron chi connectivity index (χ2n) is 11.7. The van der Waals surface area contributed by atoms with Crippen molar-refractivity contribution in [2.75, 3.05) is 0 Å². The average molecular weight is 526 g/mol. The maximum atomic E-state index is 13.3. The number of hydrogen-bond acceptors (Lipinski definition) is 3. The number of nitriles is 1. The van der Waals surface area contributed by atoms with Gasteiger partial charge in [0.25, 0.3) is 0 Å². The molecule has 0 N–H and O–H groups in total. The summed E-state index contributed by atoms with van der Waals surface area (Å²) < 4.78 is 0. The molecule has 0 aromatic heterocycles. The number of allylic oxidation sites excluding steroid dienone is 6. The average Bonchev–Trinajstić information content (AvgIpc) is 3.12. The summed E-state index contributed by atoms with van der Waals surface area (Å²) >= 11 is 6.17. The van der Waals surface area contributed by atoms with Crippen molar-refractivity contribution in [3.8, 4) is 6.07 Å². The fourth-order valence-corrected chi connectivity index (χ4v) is 7.13. The molecule has 2 fully saturated rings. The van der Waals surface area contributed by atoms with E-state index in [9.17, 15) is 9.59 Å². The van der Waals surface area contributed by atoms with Gasteiger partial charge in [-0.2, -0.15) is 5.26 Å². The number of rotatable bonds is 5. The molecule has 0 amide bonds. The van der Waals surface area contributed by atoms with E-state index in [4.69, 9.17) is 16.9 Å². The fraction of sp³-hybridized carbons (Fsp3) is 0.471. The van der Waals surface area contributed by atoms with Crippen molar-refractivity contribution in [2.24, 2.45) is 29.6 Å². The first-order chi connectivity index (χ1) is 18.4. The minimum absolute atomic E-state index is 0.213. The van der Waals surface area contributed by atoms with E-state index < -0.39 is 0 Å². The van der Waals surface area contributed by atoms with E-state index in [0.717, 1.165) is 87.2 Å². The second-order valence-corrected chi connectivity index (χ2v) is 12.1. The summed E-state index contributed by atoms with van der Waals surface area (Å²) in [6, 6.07) is 7.66. The third-order valence-corrected chi connectivity index (χ3v) is 9.61. The minimum Gasteiger partial charge on any atom is -0.303 e. The van der Waals surface area contributed by atoms with Crippen LogP contribution >= 0.6 is 11.6 Å². The molecule has 4 heteroatoms. The molecule has 1 aromatic rings. The topological polar surface area (TPSA) is 57.9 Å². The molecule has 0 radical (unpaired) electrons. The van der Waals surface area contributed by atoms with Gasteiger partial charge < -0.3 is 4.79 Å². The van der Waals surface area contributed by atoms with Crippen molar-refractivity contribution in [2.45, 2.75) is 71.1 Å². The summed E-state index contributed by atoms with van der Waals surface area (Å²) in [7, 11) is 0. The van der Waals surface area contributed by atoms with Gasteiger partial charge in [0.2, 0.25) is 0 Å². The van der Waals surface area contributed by atoms with Crippen molar-refractivity contribution in [3.63, 3.8) is 0 Å². The van der Waals surface area contributed by atoms with Crippen molar-refractivity contribution < 1.29 is 9.59 Å². The molecular formula is C34H36ClNO2. The molecule has 38 heavy (non-hydrogen) atoms. The Bertz CT molecular complexity index is 1300. The number of carbonyl (C=O) groups excluding carboxylic acids is 2. The zero-order valence-corrected chi connectivity index (χ0v) is 23.0. The third-order valence-electron chi connectivity index (χ3n) is 9.29. The van der Waals surface area contributed by atoms with Crippen LogP contribution in [0.4, 0.5) is 0 Å². The van der Waals surface area contributed by atoms with E-state index in [2.05, 4.69) is 37.0 Å². The zero-order valence-electron chi connectivity index (χ0n) is 22.2. The first kappa shape index (κ1) is 26.7. The lowest BCUT2D eigenvalue weighted by molar-refractivity contribution is -0.112. The summed E-state index contributed by atoms with van der Waals surface area (Å²) in [5.41, 5.74) is 9.44. The number of carbonyl (C=O) groups is 2. The van der Waals surface area contributed by atoms with Gasteiger partial charge in [0.05, 0.1) is 10.6 Å². The van der Waals surface area contributed by atoms with Crippen LogP contribution in [0, 0.1) is 40.9 Å². The van der Waals surface area contributed by atoms with Crippen molar-refractivity contribution >= 4 is 29.7 Å². The van der Waals surface area contributed by atoms with Gasteiger partial charge in [0.15, 0.2) is 5.78 Å². The molecule has 3 nitrogen and oxygen atoms in total. The van der Waals surface area contributed by atoms with Crippen LogP contribution in [-0.2, 0) is 9.59 Å². The van der Waals surface area contributed by atoms with Crippen LogP contribution in [0.2, 0.25) is 5.02 Å². The lowest BCUT2D eigenvalue weighted by Crippen LogP contribution is -2.23. The molecule has 0 heterocycles. The quantitative estimate of drug-likeness (QED) is 0.220. The summed E-state index contributed by atoms with van der Waals surface area (Å²) in [5.74, 6) is 2.46. The molecule has 0 bridgehead atoms. The van der Waals surface area contributed by atoms with Gasteiger partial charge in [-0.1, -0.05) is 41.5 Å². The normalized spacial score (nSPS) is 30.8. The minimum atomic E-state index is 0.213. The van der Waals surface area contributed by atoms with Gasteiger partial charge in [-0.15, -0.1) is 5.73 Å². The molecule has 4 aliphatic rings. The van der Waals surface area contributed by atoms with Crippen LogP contribution in [0.15, 0.2) is 64.5 Å². The molecule has 2 saturated carbocycles. The van der Waals surface area contributed by atoms with Crippen LogP contribution < -0.4 is 0 Å². The number of Topliss-reactive ketones (excluding diaryl/α,β-unsaturated/α-hetero) is 1. The SMILES string of the molecule is CC1=C=CC2=C(C/C(=C\C3CCC(/C=C/c4ccc(C#N)c(Cl)c4)CC3)C2=O)CC1C1CCC(C=O)CC1. The predicted molar refractivity (Wildman–Crippen MR) is 152 cm³/mol. The van der Waals surface area contributed by atoms with Gasteiger partial charge in [-0.3, -0.25) is 4.79 Å². The van der Waals surface area contributed by atoms with E-state index >= 15 is 0 Å². The maximum Gasteiger partial charge on any atom is 0.189 e. The van der Waals surface area contributed by atoms with Gasteiger partial charge in [-0.25, -0.2) is 0 Å². The number of halogens is 1. The van der Waals surface area contributed by atoms with Crippen LogP contribution in [0.1, 0.15) is 82.3 Å². The van der Waals surface area contributed by atoms with Crippen molar-refractivity contribution in [1.29, 1.82) is 5.26 Å². The Labute approximate surface area is 231 Å². The number of nitrogens with zero attached hydrogens (tertiary/aromatic N) is 1. The summed E-state index contributed by atoms with van der Waals surface area (Å²) in [5, 5.41) is 9.55. The molecule has 0 saturated heterocycles. The summed E-state index contributed by atoms with van der Waals surface area (Å²) in [6.07, 6.45) is 20.1. The predicted octanol–water partition coefficient (Wildman–Crippen LogP) is 8.35. The molecule has 4 aliphatic carbocycles. The van der Waals surface area contributed by atoms with E-state index in [1.807, 2.05) is 18.2 Å². The summed E-state index contributed by atoms with van der Waals surface area (Å²) in [6.45, 7) is 2.17. The lowest BCUT2D eigenvalue weighted by atomic mass is 9.72. The Hall–Kier alpha value is -2.92. The highest BCUT2D eigenvalue weighted by Crippen LogP contribution is 2.44. The zero-order chi connectivity index (χ0) is 26.6. The van der Waals surface area contributed by atoms with Gasteiger partial charge in [0, 0.05) is 17.1 Å². The van der Waals surface area contributed by atoms with Crippen LogP contribution in [0.25, 0.3) is 6.08 Å². The van der Waals surface area contributed by atoms with E-state index in [0.29, 0.717) is 34.3 Å². The van der Waals surface area contributed by atoms with Crippen molar-refractivity contribution in [3.05, 3.63) is 80.6 Å². The fourth-order valence-electron chi connectivity index (χ4n) is 6.90. The smallest absolute Gasteiger partial charge is 0.189 e. The molecule has 1 unspecified atom stereocenters. The standard InChI is InChI=1S/C34H36ClNO2/c1-22-2-15-31-29(19-32(22)27-12-10-26(21-37)11-13-27)18-30(34(31)38)16-24-6-3-23(4-7-24)5-8-25-9-14-28(20-36)33(35)17-25/h5,8-9,14-17,21,23-24,26-27,32H,3-4,6-7,10-13,18-19H2,1H3/b8-5+,30-16+. The Morgan fingerprint density at radius 3 is 2.42 bits per heavy atom. The maximum absolute atomic E-state index is 13.3. The summed E-state index contributed by atoms with van der Waals surface area (Å²) in [4.78, 5) is 24.5. The Balaban J connectivity index is 1.18. The first-order valence-corrected chi connectivity index (χ1v) is 14.6. The number of ketones is 1. The first-order valence-electron chi connectivity index (χ1n) is 14.2. The largest absolute Gasteiger partial charge is 0.303 e. The van der Waals surface area contributed by atoms with Gasteiger partial charge in [-0.05, 0) is 124 Å². The van der Waals surface area contributed by atoms with Gasteiger partial charge >= 0.3 is 0 Å². The third kappa shape index (κ3) is 5.88. The molecule has 0 spiro atoms. The van der Waals surface area contributed by atoms with E-state index in [-0.39, 0.29) is 11.7 Å². The Morgan fingerprint density at radius 1 is 1.03 bits per heavy atom. The lowest BCUT2D eigenvalue weighted by Gasteiger charge is -2.32. The molecule has 196 valence electrons. The Morgan fingerprint density at radius 2 is 1.74 bits per heavy atom. The molecule has 0 aliphatic heterocycles.